The lowest BCUT2D eigenvalue weighted by Crippen LogP contribution is -2.51. The third-order valence-electron chi connectivity index (χ3n) is 5.21. The highest BCUT2D eigenvalue weighted by atomic mass is 28.4. The van der Waals surface area contributed by atoms with E-state index in [0.717, 1.165) is 5.69 Å². The van der Waals surface area contributed by atoms with E-state index in [1.165, 1.54) is 5.57 Å². The van der Waals surface area contributed by atoms with Crippen molar-refractivity contribution in [1.82, 2.24) is 4.57 Å². The van der Waals surface area contributed by atoms with E-state index in [1.807, 2.05) is 32.9 Å². The molecule has 0 aliphatic heterocycles. The first-order chi connectivity index (χ1) is 12.7. The molecule has 1 aromatic rings. The molecule has 0 aliphatic carbocycles. The summed E-state index contributed by atoms with van der Waals surface area (Å²) in [5.74, 6) is 0.620. The number of allylic oxidation sites excluding steroid dienone is 2. The first kappa shape index (κ1) is 24.5. The maximum Gasteiger partial charge on any atom is 0.421 e. The van der Waals surface area contributed by atoms with Crippen molar-refractivity contribution in [2.45, 2.75) is 105 Å². The van der Waals surface area contributed by atoms with Gasteiger partial charge < -0.3 is 9.16 Å². The number of carbonyl (C=O) groups is 1. The van der Waals surface area contributed by atoms with Crippen molar-refractivity contribution in [2.75, 3.05) is 0 Å². The lowest BCUT2D eigenvalue weighted by molar-refractivity contribution is 0.0525. The standard InChI is InChI=1S/C23H41NO3Si/c1-16(2)12-13-20-14-15-21(24(20)22(25)26-23(9,10)11)27-28(17(3)4,18(5)6)19(7)8/h12,14-15,17-19H,13H2,1-11H3. The van der Waals surface area contributed by atoms with Crippen molar-refractivity contribution in [3.8, 4) is 5.88 Å². The minimum atomic E-state index is -2.18. The van der Waals surface area contributed by atoms with Gasteiger partial charge in [0, 0.05) is 12.1 Å². The normalized spacial score (nSPS) is 12.6. The van der Waals surface area contributed by atoms with E-state index in [2.05, 4.69) is 61.5 Å². The van der Waals surface area contributed by atoms with Crippen LogP contribution in [0.4, 0.5) is 4.79 Å². The van der Waals surface area contributed by atoms with E-state index in [-0.39, 0.29) is 6.09 Å². The van der Waals surface area contributed by atoms with Gasteiger partial charge in [-0.05, 0) is 63.4 Å². The molecule has 1 aromatic heterocycles. The van der Waals surface area contributed by atoms with Crippen LogP contribution in [0.15, 0.2) is 23.8 Å². The number of hydrogen-bond donors (Lipinski definition) is 0. The fraction of sp³-hybridized carbons (Fsp3) is 0.696. The van der Waals surface area contributed by atoms with Gasteiger partial charge in [-0.1, -0.05) is 53.2 Å². The van der Waals surface area contributed by atoms with Gasteiger partial charge in [-0.2, -0.15) is 0 Å². The highest BCUT2D eigenvalue weighted by molar-refractivity contribution is 6.78. The summed E-state index contributed by atoms with van der Waals surface area (Å²) in [6.45, 7) is 23.3. The molecule has 1 rings (SSSR count). The lowest BCUT2D eigenvalue weighted by atomic mass is 10.2. The fourth-order valence-corrected chi connectivity index (χ4v) is 9.28. The molecule has 160 valence electrons. The lowest BCUT2D eigenvalue weighted by Gasteiger charge is -2.42. The van der Waals surface area contributed by atoms with Crippen LogP contribution in [0, 0.1) is 0 Å². The molecule has 0 atom stereocenters. The van der Waals surface area contributed by atoms with Gasteiger partial charge >= 0.3 is 6.09 Å². The van der Waals surface area contributed by atoms with Crippen molar-refractivity contribution in [3.05, 3.63) is 29.5 Å². The highest BCUT2D eigenvalue weighted by Gasteiger charge is 2.47. The third kappa shape index (κ3) is 5.76. The van der Waals surface area contributed by atoms with Crippen LogP contribution in [0.3, 0.4) is 0 Å². The summed E-state index contributed by atoms with van der Waals surface area (Å²) < 4.78 is 14.2. The molecule has 4 nitrogen and oxygen atoms in total. The quantitative estimate of drug-likeness (QED) is 0.351. The average Bonchev–Trinajstić information content (AvgIpc) is 2.90. The molecule has 0 fully saturated rings. The van der Waals surface area contributed by atoms with Crippen LogP contribution < -0.4 is 4.43 Å². The largest absolute Gasteiger partial charge is 0.531 e. The second-order valence-corrected chi connectivity index (χ2v) is 15.3. The van der Waals surface area contributed by atoms with Crippen molar-refractivity contribution >= 4 is 14.4 Å². The Labute approximate surface area is 173 Å². The third-order valence-corrected chi connectivity index (χ3v) is 11.2. The molecular formula is C23H41NO3Si. The Balaban J connectivity index is 3.49. The number of nitrogens with zero attached hydrogens (tertiary/aromatic N) is 1. The maximum atomic E-state index is 13.1. The summed E-state index contributed by atoms with van der Waals surface area (Å²) >= 11 is 0. The molecule has 1 heterocycles. The van der Waals surface area contributed by atoms with Gasteiger partial charge in [-0.15, -0.1) is 0 Å². The molecule has 0 amide bonds. The van der Waals surface area contributed by atoms with E-state index < -0.39 is 13.9 Å². The Morgan fingerprint density at radius 1 is 1.04 bits per heavy atom. The molecule has 0 spiro atoms. The van der Waals surface area contributed by atoms with Gasteiger partial charge in [-0.3, -0.25) is 0 Å². The molecule has 0 aromatic carbocycles. The topological polar surface area (TPSA) is 40.5 Å². The fourth-order valence-electron chi connectivity index (χ4n) is 4.06. The number of ether oxygens (including phenoxy) is 1. The summed E-state index contributed by atoms with van der Waals surface area (Å²) in [7, 11) is -2.18. The number of hydrogen-bond acceptors (Lipinski definition) is 3. The van der Waals surface area contributed by atoms with Crippen LogP contribution in [-0.2, 0) is 11.2 Å². The first-order valence-electron chi connectivity index (χ1n) is 10.5. The summed E-state index contributed by atoms with van der Waals surface area (Å²) in [6.07, 6.45) is 2.42. The Bertz CT molecular complexity index is 667. The van der Waals surface area contributed by atoms with Gasteiger partial charge in [0.15, 0.2) is 5.88 Å². The van der Waals surface area contributed by atoms with E-state index in [4.69, 9.17) is 9.16 Å². The zero-order valence-corrected chi connectivity index (χ0v) is 20.8. The van der Waals surface area contributed by atoms with Gasteiger partial charge in [0.1, 0.15) is 5.60 Å². The second kappa shape index (κ2) is 9.34. The molecule has 0 radical (unpaired) electrons. The van der Waals surface area contributed by atoms with Crippen molar-refractivity contribution in [2.24, 2.45) is 0 Å². The molecule has 0 saturated carbocycles. The average molecular weight is 408 g/mol. The smallest absolute Gasteiger partial charge is 0.421 e. The summed E-state index contributed by atoms with van der Waals surface area (Å²) in [4.78, 5) is 13.1. The summed E-state index contributed by atoms with van der Waals surface area (Å²) in [5.41, 5.74) is 2.83. The highest BCUT2D eigenvalue weighted by Crippen LogP contribution is 2.43. The minimum Gasteiger partial charge on any atom is -0.531 e. The number of carbonyl (C=O) groups excluding carboxylic acids is 1. The SMILES string of the molecule is CC(C)=CCc1ccc(O[Si](C(C)C)(C(C)C)C(C)C)n1C(=O)OC(C)(C)C. The number of aromatic nitrogens is 1. The van der Waals surface area contributed by atoms with E-state index in [9.17, 15) is 4.79 Å². The zero-order chi connectivity index (χ0) is 21.9. The first-order valence-corrected chi connectivity index (χ1v) is 12.6. The van der Waals surface area contributed by atoms with Gasteiger partial charge in [0.05, 0.1) is 0 Å². The van der Waals surface area contributed by atoms with E-state index in [1.54, 1.807) is 4.57 Å². The van der Waals surface area contributed by atoms with Gasteiger partial charge in [0.25, 0.3) is 8.32 Å². The summed E-state index contributed by atoms with van der Waals surface area (Å²) in [6, 6.07) is 3.92. The second-order valence-electron chi connectivity index (χ2n) is 9.88. The Hall–Kier alpha value is -1.49. The predicted octanol–water partition coefficient (Wildman–Crippen LogP) is 7.33. The predicted molar refractivity (Wildman–Crippen MR) is 121 cm³/mol. The van der Waals surface area contributed by atoms with Crippen molar-refractivity contribution in [1.29, 1.82) is 0 Å². The maximum absolute atomic E-state index is 13.1. The molecular weight excluding hydrogens is 366 g/mol. The molecule has 0 saturated heterocycles. The van der Waals surface area contributed by atoms with E-state index in [0.29, 0.717) is 28.9 Å². The van der Waals surface area contributed by atoms with E-state index >= 15 is 0 Å². The minimum absolute atomic E-state index is 0.371. The molecule has 0 unspecified atom stereocenters. The van der Waals surface area contributed by atoms with Crippen molar-refractivity contribution < 1.29 is 14.0 Å². The monoisotopic (exact) mass is 407 g/mol. The number of rotatable bonds is 7. The van der Waals surface area contributed by atoms with Crippen LogP contribution in [0.5, 0.6) is 5.88 Å². The van der Waals surface area contributed by atoms with Crippen LogP contribution in [-0.4, -0.2) is 24.6 Å². The summed E-state index contributed by atoms with van der Waals surface area (Å²) in [5, 5.41) is 0. The Morgan fingerprint density at radius 2 is 1.54 bits per heavy atom. The van der Waals surface area contributed by atoms with Crippen LogP contribution >= 0.6 is 0 Å². The van der Waals surface area contributed by atoms with Crippen LogP contribution in [0.2, 0.25) is 16.6 Å². The Kier molecular flexibility index (Phi) is 8.18. The van der Waals surface area contributed by atoms with Gasteiger partial charge in [0.2, 0.25) is 0 Å². The molecule has 0 aliphatic rings. The van der Waals surface area contributed by atoms with Crippen LogP contribution in [0.1, 0.15) is 81.9 Å². The van der Waals surface area contributed by atoms with Gasteiger partial charge in [-0.25, -0.2) is 9.36 Å². The zero-order valence-electron chi connectivity index (χ0n) is 19.8. The molecule has 28 heavy (non-hydrogen) atoms. The molecule has 5 heteroatoms. The molecule has 0 bridgehead atoms. The molecule has 0 N–H and O–H groups in total. The van der Waals surface area contributed by atoms with Crippen LogP contribution in [0.25, 0.3) is 0 Å². The Morgan fingerprint density at radius 3 is 1.93 bits per heavy atom. The van der Waals surface area contributed by atoms with Crippen molar-refractivity contribution in [3.63, 3.8) is 0 Å².